The summed E-state index contributed by atoms with van der Waals surface area (Å²) in [6.07, 6.45) is -4.15. The van der Waals surface area contributed by atoms with Gasteiger partial charge in [-0.05, 0) is 29.7 Å². The number of hydrogen-bond acceptors (Lipinski definition) is 3. The third-order valence-electron chi connectivity index (χ3n) is 2.98. The highest BCUT2D eigenvalue weighted by atomic mass is 19.4. The fourth-order valence-electron chi connectivity index (χ4n) is 2.00. The van der Waals surface area contributed by atoms with Gasteiger partial charge in [-0.3, -0.25) is 4.79 Å². The van der Waals surface area contributed by atoms with E-state index >= 15 is 0 Å². The molecule has 3 nitrogen and oxygen atoms in total. The van der Waals surface area contributed by atoms with Crippen molar-refractivity contribution in [3.8, 4) is 0 Å². The number of fused-ring (bicyclic) bond motifs is 1. The van der Waals surface area contributed by atoms with E-state index in [9.17, 15) is 18.0 Å². The van der Waals surface area contributed by atoms with E-state index in [1.54, 1.807) is 0 Å². The number of nitrogens with one attached hydrogen (secondary N) is 1. The number of hydrogen-bond donors (Lipinski definition) is 1. The van der Waals surface area contributed by atoms with Crippen LogP contribution in [-0.2, 0) is 28.7 Å². The first-order valence-corrected chi connectivity index (χ1v) is 5.42. The molecule has 0 amide bonds. The zero-order valence-corrected chi connectivity index (χ0v) is 9.67. The topological polar surface area (TPSA) is 38.3 Å². The van der Waals surface area contributed by atoms with Crippen molar-refractivity contribution >= 4 is 5.97 Å². The molecule has 2 rings (SSSR count). The first-order chi connectivity index (χ1) is 8.41. The average molecular weight is 259 g/mol. The normalized spacial score (nSPS) is 19.2. The molecule has 0 saturated heterocycles. The minimum atomic E-state index is -4.36. The molecule has 1 unspecified atom stereocenters. The van der Waals surface area contributed by atoms with E-state index in [1.807, 2.05) is 0 Å². The number of alkyl halides is 3. The maximum absolute atomic E-state index is 12.6. The van der Waals surface area contributed by atoms with Gasteiger partial charge in [0.1, 0.15) is 6.04 Å². The highest BCUT2D eigenvalue weighted by Gasteiger charge is 2.32. The van der Waals surface area contributed by atoms with Gasteiger partial charge in [-0.2, -0.15) is 13.2 Å². The Labute approximate surface area is 102 Å². The SMILES string of the molecule is COC(=O)C1Cc2cc(C(F)(F)F)ccc2CN1. The van der Waals surface area contributed by atoms with Crippen molar-refractivity contribution in [3.63, 3.8) is 0 Å². The van der Waals surface area contributed by atoms with Crippen LogP contribution in [0.15, 0.2) is 18.2 Å². The highest BCUT2D eigenvalue weighted by molar-refractivity contribution is 5.76. The summed E-state index contributed by atoms with van der Waals surface area (Å²) in [6.45, 7) is 0.368. The van der Waals surface area contributed by atoms with Crippen LogP contribution in [0.1, 0.15) is 16.7 Å². The molecule has 98 valence electrons. The first kappa shape index (κ1) is 12.9. The van der Waals surface area contributed by atoms with Crippen LogP contribution in [0.5, 0.6) is 0 Å². The second kappa shape index (κ2) is 4.61. The second-order valence-corrected chi connectivity index (χ2v) is 4.14. The lowest BCUT2D eigenvalue weighted by Gasteiger charge is -2.25. The van der Waals surface area contributed by atoms with Crippen LogP contribution >= 0.6 is 0 Å². The lowest BCUT2D eigenvalue weighted by Crippen LogP contribution is -2.42. The largest absolute Gasteiger partial charge is 0.468 e. The Morgan fingerprint density at radius 3 is 2.72 bits per heavy atom. The van der Waals surface area contributed by atoms with Crippen molar-refractivity contribution in [2.75, 3.05) is 7.11 Å². The molecule has 1 heterocycles. The predicted octanol–water partition coefficient (Wildman–Crippen LogP) is 1.89. The maximum atomic E-state index is 12.6. The van der Waals surface area contributed by atoms with Crippen LogP contribution in [0.25, 0.3) is 0 Å². The molecule has 0 aliphatic carbocycles. The third kappa shape index (κ3) is 2.48. The standard InChI is InChI=1S/C12H12F3NO2/c1-18-11(17)10-5-8-4-9(12(13,14)15)3-2-7(8)6-16-10/h2-4,10,16H,5-6H2,1H3. The van der Waals surface area contributed by atoms with Crippen LogP contribution in [0.4, 0.5) is 13.2 Å². The summed E-state index contributed by atoms with van der Waals surface area (Å²) < 4.78 is 42.3. The molecule has 0 spiro atoms. The van der Waals surface area contributed by atoms with Gasteiger partial charge in [0, 0.05) is 6.54 Å². The summed E-state index contributed by atoms with van der Waals surface area (Å²) in [4.78, 5) is 11.4. The number of benzene rings is 1. The Balaban J connectivity index is 2.27. The monoisotopic (exact) mass is 259 g/mol. The molecule has 6 heteroatoms. The van der Waals surface area contributed by atoms with E-state index in [2.05, 4.69) is 10.1 Å². The maximum Gasteiger partial charge on any atom is 0.416 e. The lowest BCUT2D eigenvalue weighted by molar-refractivity contribution is -0.143. The summed E-state index contributed by atoms with van der Waals surface area (Å²) in [7, 11) is 1.26. The molecule has 18 heavy (non-hydrogen) atoms. The van der Waals surface area contributed by atoms with Crippen LogP contribution in [0.3, 0.4) is 0 Å². The van der Waals surface area contributed by atoms with Gasteiger partial charge in [0.2, 0.25) is 0 Å². The van der Waals surface area contributed by atoms with Crippen LogP contribution in [0, 0.1) is 0 Å². The number of ether oxygens (including phenoxy) is 1. The van der Waals surface area contributed by atoms with Crippen molar-refractivity contribution in [2.24, 2.45) is 0 Å². The summed E-state index contributed by atoms with van der Waals surface area (Å²) in [5.74, 6) is -0.460. The minimum Gasteiger partial charge on any atom is -0.468 e. The Morgan fingerprint density at radius 2 is 2.11 bits per heavy atom. The molecule has 0 bridgehead atoms. The van der Waals surface area contributed by atoms with E-state index in [-0.39, 0.29) is 6.42 Å². The molecular weight excluding hydrogens is 247 g/mol. The molecule has 1 aromatic rings. The van der Waals surface area contributed by atoms with Crippen molar-refractivity contribution in [3.05, 3.63) is 34.9 Å². The van der Waals surface area contributed by atoms with Gasteiger partial charge in [0.15, 0.2) is 0 Å². The zero-order chi connectivity index (χ0) is 13.3. The molecule has 1 N–H and O–H groups in total. The number of rotatable bonds is 1. The fraction of sp³-hybridized carbons (Fsp3) is 0.417. The molecular formula is C12H12F3NO2. The van der Waals surface area contributed by atoms with Gasteiger partial charge in [0.25, 0.3) is 0 Å². The van der Waals surface area contributed by atoms with Gasteiger partial charge in [0.05, 0.1) is 12.7 Å². The Bertz CT molecular complexity index is 471. The number of carbonyl (C=O) groups excluding carboxylic acids is 1. The number of esters is 1. The smallest absolute Gasteiger partial charge is 0.416 e. The molecule has 1 aliphatic heterocycles. The third-order valence-corrected chi connectivity index (χ3v) is 2.98. The summed E-state index contributed by atoms with van der Waals surface area (Å²) in [6, 6.07) is 3.02. The van der Waals surface area contributed by atoms with Gasteiger partial charge in [-0.1, -0.05) is 6.07 Å². The van der Waals surface area contributed by atoms with E-state index in [1.165, 1.54) is 13.2 Å². The van der Waals surface area contributed by atoms with E-state index in [4.69, 9.17) is 0 Å². The summed E-state index contributed by atoms with van der Waals surface area (Å²) >= 11 is 0. The summed E-state index contributed by atoms with van der Waals surface area (Å²) in [5, 5.41) is 2.93. The van der Waals surface area contributed by atoms with Crippen LogP contribution < -0.4 is 5.32 Å². The minimum absolute atomic E-state index is 0.214. The average Bonchev–Trinajstić information content (AvgIpc) is 2.35. The molecule has 1 atom stereocenters. The molecule has 0 radical (unpaired) electrons. The van der Waals surface area contributed by atoms with Crippen LogP contribution in [0.2, 0.25) is 0 Å². The molecule has 0 aromatic heterocycles. The highest BCUT2D eigenvalue weighted by Crippen LogP contribution is 2.31. The molecule has 1 aromatic carbocycles. The van der Waals surface area contributed by atoms with Crippen molar-refractivity contribution in [2.45, 2.75) is 25.2 Å². The van der Waals surface area contributed by atoms with E-state index in [0.29, 0.717) is 12.1 Å². The predicted molar refractivity (Wildman–Crippen MR) is 57.8 cm³/mol. The van der Waals surface area contributed by atoms with Gasteiger partial charge in [-0.25, -0.2) is 0 Å². The summed E-state index contributed by atoms with van der Waals surface area (Å²) in [5.41, 5.74) is 0.633. The fourth-order valence-corrected chi connectivity index (χ4v) is 2.00. The van der Waals surface area contributed by atoms with E-state index < -0.39 is 23.8 Å². The number of carbonyl (C=O) groups is 1. The lowest BCUT2D eigenvalue weighted by atomic mass is 9.94. The van der Waals surface area contributed by atoms with Gasteiger partial charge >= 0.3 is 12.1 Å². The van der Waals surface area contributed by atoms with Crippen molar-refractivity contribution < 1.29 is 22.7 Å². The quantitative estimate of drug-likeness (QED) is 0.783. The Kier molecular flexibility index (Phi) is 3.30. The van der Waals surface area contributed by atoms with Crippen molar-refractivity contribution in [1.29, 1.82) is 0 Å². The first-order valence-electron chi connectivity index (χ1n) is 5.42. The Hall–Kier alpha value is -1.56. The number of halogens is 3. The van der Waals surface area contributed by atoms with Crippen LogP contribution in [-0.4, -0.2) is 19.1 Å². The number of methoxy groups -OCH3 is 1. The second-order valence-electron chi connectivity index (χ2n) is 4.14. The van der Waals surface area contributed by atoms with E-state index in [0.717, 1.165) is 17.7 Å². The molecule has 0 saturated carbocycles. The van der Waals surface area contributed by atoms with Crippen molar-refractivity contribution in [1.82, 2.24) is 5.32 Å². The molecule has 0 fully saturated rings. The van der Waals surface area contributed by atoms with Gasteiger partial charge < -0.3 is 10.1 Å². The zero-order valence-electron chi connectivity index (χ0n) is 9.67. The molecule has 1 aliphatic rings. The Morgan fingerprint density at radius 1 is 1.39 bits per heavy atom. The van der Waals surface area contributed by atoms with Gasteiger partial charge in [-0.15, -0.1) is 0 Å².